The van der Waals surface area contributed by atoms with Gasteiger partial charge in [0, 0.05) is 0 Å². The van der Waals surface area contributed by atoms with Crippen LogP contribution in [-0.4, -0.2) is 22.4 Å². The highest BCUT2D eigenvalue weighted by Gasteiger charge is 2.15. The Labute approximate surface area is 85.3 Å². The number of nitrogens with one attached hydrogen (secondary N) is 1. The molecule has 0 fully saturated rings. The predicted octanol–water partition coefficient (Wildman–Crippen LogP) is 1.70. The van der Waals surface area contributed by atoms with Crippen LogP contribution in [0.3, 0.4) is 0 Å². The Bertz CT molecular complexity index is 453. The van der Waals surface area contributed by atoms with E-state index in [-0.39, 0.29) is 6.42 Å². The van der Waals surface area contributed by atoms with Gasteiger partial charge in [0.1, 0.15) is 0 Å². The first-order valence-electron chi connectivity index (χ1n) is 4.62. The molecule has 0 saturated carbocycles. The molecule has 0 spiro atoms. The van der Waals surface area contributed by atoms with Crippen LogP contribution in [0.5, 0.6) is 0 Å². The SMILES string of the molecule is NC(Cc1ccc2nc[nH]c2c1)C(F)F. The lowest BCUT2D eigenvalue weighted by Gasteiger charge is -2.09. The highest BCUT2D eigenvalue weighted by Crippen LogP contribution is 2.14. The summed E-state index contributed by atoms with van der Waals surface area (Å²) in [7, 11) is 0. The van der Waals surface area contributed by atoms with Crippen LogP contribution in [0.4, 0.5) is 8.78 Å². The van der Waals surface area contributed by atoms with Crippen LogP contribution >= 0.6 is 0 Å². The average Bonchev–Trinajstić information content (AvgIpc) is 2.64. The molecule has 0 saturated heterocycles. The molecule has 3 nitrogen and oxygen atoms in total. The number of nitrogens with two attached hydrogens (primary N) is 1. The third-order valence-electron chi connectivity index (χ3n) is 2.28. The van der Waals surface area contributed by atoms with E-state index in [9.17, 15) is 8.78 Å². The fourth-order valence-corrected chi connectivity index (χ4v) is 1.47. The number of hydrogen-bond acceptors (Lipinski definition) is 2. The van der Waals surface area contributed by atoms with E-state index in [0.29, 0.717) is 0 Å². The number of halogens is 2. The Morgan fingerprint density at radius 1 is 1.40 bits per heavy atom. The molecule has 1 unspecified atom stereocenters. The summed E-state index contributed by atoms with van der Waals surface area (Å²) in [5.74, 6) is 0. The van der Waals surface area contributed by atoms with E-state index in [2.05, 4.69) is 9.97 Å². The Kier molecular flexibility index (Phi) is 2.64. The summed E-state index contributed by atoms with van der Waals surface area (Å²) in [5, 5.41) is 0. The van der Waals surface area contributed by atoms with E-state index in [1.165, 1.54) is 0 Å². The van der Waals surface area contributed by atoms with Gasteiger partial charge in [-0.1, -0.05) is 6.07 Å². The minimum absolute atomic E-state index is 0.173. The number of rotatable bonds is 3. The number of hydrogen-bond donors (Lipinski definition) is 2. The summed E-state index contributed by atoms with van der Waals surface area (Å²) in [6.45, 7) is 0. The summed E-state index contributed by atoms with van der Waals surface area (Å²) >= 11 is 0. The van der Waals surface area contributed by atoms with Crippen molar-refractivity contribution in [1.82, 2.24) is 9.97 Å². The quantitative estimate of drug-likeness (QED) is 0.811. The van der Waals surface area contributed by atoms with Crippen LogP contribution in [0.15, 0.2) is 24.5 Å². The van der Waals surface area contributed by atoms with Crippen LogP contribution in [0, 0.1) is 0 Å². The van der Waals surface area contributed by atoms with E-state index in [0.717, 1.165) is 16.6 Å². The molecule has 0 bridgehead atoms. The molecule has 0 amide bonds. The number of imidazole rings is 1. The summed E-state index contributed by atoms with van der Waals surface area (Å²) < 4.78 is 24.4. The van der Waals surface area contributed by atoms with E-state index < -0.39 is 12.5 Å². The fraction of sp³-hybridized carbons (Fsp3) is 0.300. The Hall–Kier alpha value is -1.49. The fourth-order valence-electron chi connectivity index (χ4n) is 1.47. The maximum atomic E-state index is 12.2. The van der Waals surface area contributed by atoms with Gasteiger partial charge in [0.15, 0.2) is 0 Å². The van der Waals surface area contributed by atoms with Crippen molar-refractivity contribution in [2.24, 2.45) is 5.73 Å². The van der Waals surface area contributed by atoms with E-state index in [1.54, 1.807) is 24.5 Å². The second-order valence-corrected chi connectivity index (χ2v) is 3.46. The molecule has 2 aromatic rings. The molecular weight excluding hydrogens is 200 g/mol. The van der Waals surface area contributed by atoms with Crippen molar-refractivity contribution in [2.45, 2.75) is 18.9 Å². The maximum Gasteiger partial charge on any atom is 0.253 e. The monoisotopic (exact) mass is 211 g/mol. The number of benzene rings is 1. The molecule has 1 aromatic heterocycles. The summed E-state index contributed by atoms with van der Waals surface area (Å²) in [6, 6.07) is 4.25. The second-order valence-electron chi connectivity index (χ2n) is 3.46. The third kappa shape index (κ3) is 2.12. The lowest BCUT2D eigenvalue weighted by Crippen LogP contribution is -2.30. The number of aromatic nitrogens is 2. The number of aromatic amines is 1. The van der Waals surface area contributed by atoms with Gasteiger partial charge >= 0.3 is 0 Å². The van der Waals surface area contributed by atoms with Gasteiger partial charge in [-0.25, -0.2) is 13.8 Å². The standard InChI is InChI=1S/C10H11F2N3/c11-10(12)7(13)3-6-1-2-8-9(4-6)15-5-14-8/h1-2,4-5,7,10H,3,13H2,(H,14,15). The Morgan fingerprint density at radius 3 is 2.93 bits per heavy atom. The molecule has 15 heavy (non-hydrogen) atoms. The minimum Gasteiger partial charge on any atom is -0.345 e. The molecule has 0 aliphatic heterocycles. The average molecular weight is 211 g/mol. The third-order valence-corrected chi connectivity index (χ3v) is 2.28. The highest BCUT2D eigenvalue weighted by molar-refractivity contribution is 5.75. The van der Waals surface area contributed by atoms with Crippen molar-refractivity contribution in [3.05, 3.63) is 30.1 Å². The van der Waals surface area contributed by atoms with Crippen molar-refractivity contribution in [3.63, 3.8) is 0 Å². The van der Waals surface area contributed by atoms with Crippen molar-refractivity contribution in [3.8, 4) is 0 Å². The van der Waals surface area contributed by atoms with Gasteiger partial charge < -0.3 is 10.7 Å². The lowest BCUT2D eigenvalue weighted by atomic mass is 10.1. The van der Waals surface area contributed by atoms with Gasteiger partial charge in [-0.15, -0.1) is 0 Å². The van der Waals surface area contributed by atoms with Gasteiger partial charge in [-0.3, -0.25) is 0 Å². The molecule has 1 heterocycles. The van der Waals surface area contributed by atoms with E-state index in [4.69, 9.17) is 5.73 Å². The number of alkyl halides is 2. The summed E-state index contributed by atoms with van der Waals surface area (Å²) in [4.78, 5) is 6.96. The number of nitrogens with zero attached hydrogens (tertiary/aromatic N) is 1. The van der Waals surface area contributed by atoms with E-state index in [1.807, 2.05) is 0 Å². The van der Waals surface area contributed by atoms with Crippen LogP contribution in [0.25, 0.3) is 11.0 Å². The van der Waals surface area contributed by atoms with Crippen molar-refractivity contribution in [1.29, 1.82) is 0 Å². The van der Waals surface area contributed by atoms with Gasteiger partial charge in [0.2, 0.25) is 0 Å². The van der Waals surface area contributed by atoms with Gasteiger partial charge in [0.05, 0.1) is 23.4 Å². The molecule has 0 aliphatic carbocycles. The zero-order chi connectivity index (χ0) is 10.8. The molecular formula is C10H11F2N3. The zero-order valence-electron chi connectivity index (χ0n) is 7.95. The lowest BCUT2D eigenvalue weighted by molar-refractivity contribution is 0.116. The molecule has 1 aromatic carbocycles. The molecule has 0 radical (unpaired) electrons. The van der Waals surface area contributed by atoms with Crippen molar-refractivity contribution < 1.29 is 8.78 Å². The molecule has 3 N–H and O–H groups in total. The molecule has 80 valence electrons. The minimum atomic E-state index is -2.48. The summed E-state index contributed by atoms with van der Waals surface area (Å²) in [5.41, 5.74) is 7.75. The van der Waals surface area contributed by atoms with Gasteiger partial charge in [0.25, 0.3) is 6.43 Å². The van der Waals surface area contributed by atoms with Crippen LogP contribution in [-0.2, 0) is 6.42 Å². The van der Waals surface area contributed by atoms with Crippen molar-refractivity contribution in [2.75, 3.05) is 0 Å². The second kappa shape index (κ2) is 3.94. The molecule has 2 rings (SSSR count). The Balaban J connectivity index is 2.21. The number of fused-ring (bicyclic) bond motifs is 1. The first kappa shape index (κ1) is 10.0. The largest absolute Gasteiger partial charge is 0.345 e. The molecule has 1 atom stereocenters. The van der Waals surface area contributed by atoms with Gasteiger partial charge in [-0.2, -0.15) is 0 Å². The topological polar surface area (TPSA) is 54.7 Å². The summed E-state index contributed by atoms with van der Waals surface area (Å²) in [6.07, 6.45) is -0.740. The maximum absolute atomic E-state index is 12.2. The zero-order valence-corrected chi connectivity index (χ0v) is 7.95. The van der Waals surface area contributed by atoms with Crippen LogP contribution < -0.4 is 5.73 Å². The normalized spacial score (nSPS) is 13.6. The molecule has 0 aliphatic rings. The van der Waals surface area contributed by atoms with Gasteiger partial charge in [-0.05, 0) is 24.1 Å². The number of H-pyrrole nitrogens is 1. The van der Waals surface area contributed by atoms with E-state index >= 15 is 0 Å². The van der Waals surface area contributed by atoms with Crippen LogP contribution in [0.2, 0.25) is 0 Å². The Morgan fingerprint density at radius 2 is 2.20 bits per heavy atom. The molecule has 5 heteroatoms. The van der Waals surface area contributed by atoms with Crippen molar-refractivity contribution >= 4 is 11.0 Å². The predicted molar refractivity (Wildman–Crippen MR) is 53.8 cm³/mol. The first-order chi connectivity index (χ1) is 7.16. The smallest absolute Gasteiger partial charge is 0.253 e. The highest BCUT2D eigenvalue weighted by atomic mass is 19.3. The first-order valence-corrected chi connectivity index (χ1v) is 4.62. The van der Waals surface area contributed by atoms with Crippen LogP contribution in [0.1, 0.15) is 5.56 Å².